The fraction of sp³-hybridized carbons (Fsp3) is 0.133. The molecular weight excluding hydrogens is 304 g/mol. The van der Waals surface area contributed by atoms with Crippen LogP contribution >= 0.6 is 15.9 Å². The molecule has 0 unspecified atom stereocenters. The summed E-state index contributed by atoms with van der Waals surface area (Å²) >= 11 is 3.41. The molecule has 4 heteroatoms. The largest absolute Gasteiger partial charge is 0.381 e. The molecule has 0 aliphatic carbocycles. The molecule has 0 spiro atoms. The molecule has 0 saturated carbocycles. The summed E-state index contributed by atoms with van der Waals surface area (Å²) < 4.78 is 1.07. The minimum atomic E-state index is -0.400. The second kappa shape index (κ2) is 5.89. The van der Waals surface area contributed by atoms with Crippen LogP contribution in [-0.2, 0) is 6.54 Å². The monoisotopic (exact) mass is 318 g/mol. The lowest BCUT2D eigenvalue weighted by Crippen LogP contribution is -2.11. The molecule has 0 fully saturated rings. The van der Waals surface area contributed by atoms with Gasteiger partial charge in [0.1, 0.15) is 0 Å². The molecule has 0 aliphatic rings. The van der Waals surface area contributed by atoms with Crippen molar-refractivity contribution in [1.29, 1.82) is 0 Å². The molecule has 0 atom stereocenters. The van der Waals surface area contributed by atoms with Crippen LogP contribution in [-0.4, -0.2) is 5.91 Å². The summed E-state index contributed by atoms with van der Waals surface area (Å²) in [5.74, 6) is -0.400. The number of hydrogen-bond acceptors (Lipinski definition) is 2. The molecule has 0 aliphatic heterocycles. The van der Waals surface area contributed by atoms with Crippen LogP contribution in [0.4, 0.5) is 5.69 Å². The molecule has 98 valence electrons. The highest BCUT2D eigenvalue weighted by Crippen LogP contribution is 2.18. The van der Waals surface area contributed by atoms with E-state index < -0.39 is 5.91 Å². The first-order chi connectivity index (χ1) is 9.06. The standard InChI is InChI=1S/C15H15BrN2O/c1-10-8-12(15(17)19)4-7-14(10)18-9-11-2-5-13(16)6-3-11/h2-8,18H,9H2,1H3,(H2,17,19). The third-order valence-corrected chi connectivity index (χ3v) is 3.44. The fourth-order valence-corrected chi connectivity index (χ4v) is 2.08. The Morgan fingerprint density at radius 3 is 2.47 bits per heavy atom. The van der Waals surface area contributed by atoms with Gasteiger partial charge >= 0.3 is 0 Å². The van der Waals surface area contributed by atoms with E-state index in [4.69, 9.17) is 5.73 Å². The number of nitrogens with two attached hydrogens (primary N) is 1. The molecule has 2 rings (SSSR count). The zero-order valence-electron chi connectivity index (χ0n) is 10.6. The zero-order valence-corrected chi connectivity index (χ0v) is 12.2. The van der Waals surface area contributed by atoms with Gasteiger partial charge in [-0.1, -0.05) is 28.1 Å². The van der Waals surface area contributed by atoms with Crippen molar-refractivity contribution in [3.8, 4) is 0 Å². The number of aryl methyl sites for hydroxylation is 1. The van der Waals surface area contributed by atoms with Crippen molar-refractivity contribution >= 4 is 27.5 Å². The lowest BCUT2D eigenvalue weighted by Gasteiger charge is -2.10. The van der Waals surface area contributed by atoms with Crippen LogP contribution in [0.15, 0.2) is 46.9 Å². The second-order valence-electron chi connectivity index (χ2n) is 4.37. The van der Waals surface area contributed by atoms with E-state index in [0.29, 0.717) is 5.56 Å². The smallest absolute Gasteiger partial charge is 0.248 e. The van der Waals surface area contributed by atoms with Crippen molar-refractivity contribution in [2.24, 2.45) is 5.73 Å². The van der Waals surface area contributed by atoms with Gasteiger partial charge in [-0.25, -0.2) is 0 Å². The number of carbonyl (C=O) groups is 1. The number of rotatable bonds is 4. The summed E-state index contributed by atoms with van der Waals surface area (Å²) in [6.07, 6.45) is 0. The van der Waals surface area contributed by atoms with Gasteiger partial charge < -0.3 is 11.1 Å². The number of benzene rings is 2. The molecule has 0 heterocycles. The van der Waals surface area contributed by atoms with Gasteiger partial charge in [-0.2, -0.15) is 0 Å². The van der Waals surface area contributed by atoms with E-state index in [1.54, 1.807) is 12.1 Å². The van der Waals surface area contributed by atoms with E-state index in [1.807, 2.05) is 25.1 Å². The molecule has 0 aromatic heterocycles. The Bertz CT molecular complexity index is 594. The SMILES string of the molecule is Cc1cc(C(N)=O)ccc1NCc1ccc(Br)cc1. The quantitative estimate of drug-likeness (QED) is 0.906. The van der Waals surface area contributed by atoms with E-state index in [9.17, 15) is 4.79 Å². The maximum absolute atomic E-state index is 11.1. The van der Waals surface area contributed by atoms with Crippen molar-refractivity contribution in [2.75, 3.05) is 5.32 Å². The maximum Gasteiger partial charge on any atom is 0.248 e. The van der Waals surface area contributed by atoms with Gasteiger partial charge in [0.15, 0.2) is 0 Å². The van der Waals surface area contributed by atoms with E-state index in [2.05, 4.69) is 33.4 Å². The Balaban J connectivity index is 2.07. The Labute approximate surface area is 121 Å². The van der Waals surface area contributed by atoms with Crippen LogP contribution in [0.2, 0.25) is 0 Å². The van der Waals surface area contributed by atoms with E-state index in [-0.39, 0.29) is 0 Å². The highest BCUT2D eigenvalue weighted by atomic mass is 79.9. The highest BCUT2D eigenvalue weighted by Gasteiger charge is 2.04. The Kier molecular flexibility index (Phi) is 4.22. The molecule has 0 bridgehead atoms. The number of carbonyl (C=O) groups excluding carboxylic acids is 1. The molecule has 0 radical (unpaired) electrons. The molecule has 0 saturated heterocycles. The molecule has 3 N–H and O–H groups in total. The minimum Gasteiger partial charge on any atom is -0.381 e. The van der Waals surface area contributed by atoms with E-state index in [0.717, 1.165) is 22.3 Å². The van der Waals surface area contributed by atoms with Gasteiger partial charge in [-0.15, -0.1) is 0 Å². The maximum atomic E-state index is 11.1. The number of halogens is 1. The van der Waals surface area contributed by atoms with Gasteiger partial charge in [0.2, 0.25) is 5.91 Å². The second-order valence-corrected chi connectivity index (χ2v) is 5.29. The first-order valence-electron chi connectivity index (χ1n) is 5.95. The number of hydrogen-bond donors (Lipinski definition) is 2. The van der Waals surface area contributed by atoms with Gasteiger partial charge in [-0.05, 0) is 48.4 Å². The normalized spacial score (nSPS) is 10.2. The average Bonchev–Trinajstić information content (AvgIpc) is 2.39. The van der Waals surface area contributed by atoms with Crippen molar-refractivity contribution in [3.05, 3.63) is 63.6 Å². The third-order valence-electron chi connectivity index (χ3n) is 2.91. The zero-order chi connectivity index (χ0) is 13.8. The average molecular weight is 319 g/mol. The summed E-state index contributed by atoms with van der Waals surface area (Å²) in [4.78, 5) is 11.1. The summed E-state index contributed by atoms with van der Waals surface area (Å²) in [6, 6.07) is 13.6. The van der Waals surface area contributed by atoms with Crippen molar-refractivity contribution in [2.45, 2.75) is 13.5 Å². The van der Waals surface area contributed by atoms with Crippen LogP contribution in [0.3, 0.4) is 0 Å². The lowest BCUT2D eigenvalue weighted by atomic mass is 10.1. The molecular formula is C15H15BrN2O. The molecule has 2 aromatic rings. The van der Waals surface area contributed by atoms with Crippen LogP contribution < -0.4 is 11.1 Å². The Hall–Kier alpha value is -1.81. The fourth-order valence-electron chi connectivity index (χ4n) is 1.81. The lowest BCUT2D eigenvalue weighted by molar-refractivity contribution is 0.1000. The topological polar surface area (TPSA) is 55.1 Å². The van der Waals surface area contributed by atoms with Crippen molar-refractivity contribution < 1.29 is 4.79 Å². The summed E-state index contributed by atoms with van der Waals surface area (Å²) in [7, 11) is 0. The first-order valence-corrected chi connectivity index (χ1v) is 6.74. The van der Waals surface area contributed by atoms with Gasteiger partial charge in [0.25, 0.3) is 0 Å². The third kappa shape index (κ3) is 3.58. The predicted octanol–water partition coefficient (Wildman–Crippen LogP) is 3.47. The minimum absolute atomic E-state index is 0.400. The van der Waals surface area contributed by atoms with Gasteiger partial charge in [0, 0.05) is 22.3 Å². The van der Waals surface area contributed by atoms with Crippen molar-refractivity contribution in [1.82, 2.24) is 0 Å². The van der Waals surface area contributed by atoms with Crippen LogP contribution in [0.25, 0.3) is 0 Å². The number of amides is 1. The first kappa shape index (κ1) is 13.6. The summed E-state index contributed by atoms with van der Waals surface area (Å²) in [5.41, 5.74) is 8.99. The molecule has 3 nitrogen and oxygen atoms in total. The van der Waals surface area contributed by atoms with Crippen LogP contribution in [0.5, 0.6) is 0 Å². The van der Waals surface area contributed by atoms with Crippen LogP contribution in [0.1, 0.15) is 21.5 Å². The molecule has 1 amide bonds. The Morgan fingerprint density at radius 2 is 1.89 bits per heavy atom. The highest BCUT2D eigenvalue weighted by molar-refractivity contribution is 9.10. The molecule has 19 heavy (non-hydrogen) atoms. The van der Waals surface area contributed by atoms with Gasteiger partial charge in [0.05, 0.1) is 0 Å². The Morgan fingerprint density at radius 1 is 1.21 bits per heavy atom. The number of anilines is 1. The predicted molar refractivity (Wildman–Crippen MR) is 81.2 cm³/mol. The summed E-state index contributed by atoms with van der Waals surface area (Å²) in [5, 5.41) is 3.35. The van der Waals surface area contributed by atoms with E-state index >= 15 is 0 Å². The number of primary amides is 1. The summed E-state index contributed by atoms with van der Waals surface area (Å²) in [6.45, 7) is 2.69. The van der Waals surface area contributed by atoms with Crippen LogP contribution in [0, 0.1) is 6.92 Å². The number of nitrogens with one attached hydrogen (secondary N) is 1. The van der Waals surface area contributed by atoms with E-state index in [1.165, 1.54) is 5.56 Å². The van der Waals surface area contributed by atoms with Crippen molar-refractivity contribution in [3.63, 3.8) is 0 Å². The molecule has 2 aromatic carbocycles. The van der Waals surface area contributed by atoms with Gasteiger partial charge in [-0.3, -0.25) is 4.79 Å².